The molecule has 1 aromatic carbocycles. The largest absolute Gasteiger partial charge is 0.224 e. The Labute approximate surface area is 110 Å². The van der Waals surface area contributed by atoms with E-state index < -0.39 is 10.0 Å². The Bertz CT molecular complexity index is 523. The van der Waals surface area contributed by atoms with Crippen LogP contribution in [0.5, 0.6) is 0 Å². The number of benzene rings is 1. The van der Waals surface area contributed by atoms with Gasteiger partial charge in [0.2, 0.25) is 10.0 Å². The second-order valence-corrected chi connectivity index (χ2v) is 6.69. The van der Waals surface area contributed by atoms with Crippen molar-refractivity contribution in [2.75, 3.05) is 11.2 Å². The van der Waals surface area contributed by atoms with Gasteiger partial charge in [-0.2, -0.15) is 9.57 Å². The van der Waals surface area contributed by atoms with Crippen molar-refractivity contribution in [3.63, 3.8) is 0 Å². The molecule has 1 rings (SSSR count). The molecule has 0 saturated heterocycles. The van der Waals surface area contributed by atoms with Crippen LogP contribution in [0.2, 0.25) is 0 Å². The lowest BCUT2D eigenvalue weighted by atomic mass is 10.1. The van der Waals surface area contributed by atoms with Gasteiger partial charge in [0.25, 0.3) is 0 Å². The van der Waals surface area contributed by atoms with Crippen molar-refractivity contribution in [3.05, 3.63) is 35.4 Å². The first-order chi connectivity index (χ1) is 8.05. The summed E-state index contributed by atoms with van der Waals surface area (Å²) in [4.78, 5) is 0. The summed E-state index contributed by atoms with van der Waals surface area (Å²) in [5.74, 6) is 0. The van der Waals surface area contributed by atoms with Crippen LogP contribution in [0.4, 0.5) is 0 Å². The number of hydrogen-bond acceptors (Lipinski definition) is 3. The van der Waals surface area contributed by atoms with Gasteiger partial charge in [-0.3, -0.25) is 0 Å². The number of alkyl halides is 1. The van der Waals surface area contributed by atoms with Gasteiger partial charge in [0, 0.05) is 13.1 Å². The zero-order valence-corrected chi connectivity index (χ0v) is 11.8. The summed E-state index contributed by atoms with van der Waals surface area (Å²) in [6.45, 7) is 2.39. The highest BCUT2D eigenvalue weighted by Gasteiger charge is 2.19. The lowest BCUT2D eigenvalue weighted by molar-refractivity contribution is 0.427. The molecule has 0 amide bonds. The van der Waals surface area contributed by atoms with E-state index in [2.05, 4.69) is 22.0 Å². The van der Waals surface area contributed by atoms with E-state index in [1.165, 1.54) is 4.31 Å². The Morgan fingerprint density at radius 3 is 2.59 bits per heavy atom. The van der Waals surface area contributed by atoms with E-state index >= 15 is 0 Å². The van der Waals surface area contributed by atoms with Crippen LogP contribution in [0.15, 0.2) is 24.3 Å². The van der Waals surface area contributed by atoms with E-state index in [4.69, 9.17) is 5.26 Å². The quantitative estimate of drug-likeness (QED) is 0.781. The summed E-state index contributed by atoms with van der Waals surface area (Å²) in [5.41, 5.74) is 1.23. The predicted octanol–water partition coefficient (Wildman–Crippen LogP) is 2.06. The molecule has 0 saturated carbocycles. The molecule has 0 N–H and O–H groups in total. The monoisotopic (exact) mass is 316 g/mol. The topological polar surface area (TPSA) is 61.2 Å². The van der Waals surface area contributed by atoms with Crippen LogP contribution in [-0.4, -0.2) is 23.9 Å². The second kappa shape index (κ2) is 6.15. The lowest BCUT2D eigenvalue weighted by Gasteiger charge is -2.19. The molecule has 0 bridgehead atoms. The molecule has 0 aliphatic heterocycles. The molecular weight excluding hydrogens is 304 g/mol. The molecule has 0 heterocycles. The minimum Gasteiger partial charge on any atom is -0.211 e. The van der Waals surface area contributed by atoms with E-state index in [0.29, 0.717) is 12.1 Å². The predicted molar refractivity (Wildman–Crippen MR) is 70.0 cm³/mol. The summed E-state index contributed by atoms with van der Waals surface area (Å²) in [6.07, 6.45) is 0. The van der Waals surface area contributed by atoms with Crippen molar-refractivity contribution >= 4 is 26.0 Å². The fourth-order valence-corrected chi connectivity index (χ4v) is 3.17. The number of halogens is 1. The third kappa shape index (κ3) is 3.53. The number of sulfonamides is 1. The van der Waals surface area contributed by atoms with Crippen LogP contribution < -0.4 is 0 Å². The first kappa shape index (κ1) is 14.2. The van der Waals surface area contributed by atoms with Gasteiger partial charge < -0.3 is 0 Å². The molecule has 0 radical (unpaired) electrons. The van der Waals surface area contributed by atoms with Gasteiger partial charge in [-0.25, -0.2) is 8.42 Å². The number of nitriles is 1. The van der Waals surface area contributed by atoms with Gasteiger partial charge in [0.05, 0.1) is 11.6 Å². The van der Waals surface area contributed by atoms with Gasteiger partial charge in [-0.05, 0) is 11.6 Å². The fourth-order valence-electron chi connectivity index (χ4n) is 1.43. The molecule has 0 atom stereocenters. The summed E-state index contributed by atoms with van der Waals surface area (Å²) < 4.78 is 24.7. The Morgan fingerprint density at radius 1 is 1.41 bits per heavy atom. The molecule has 4 nitrogen and oxygen atoms in total. The smallest absolute Gasteiger partial charge is 0.211 e. The van der Waals surface area contributed by atoms with Gasteiger partial charge >= 0.3 is 0 Å². The molecule has 0 fully saturated rings. The summed E-state index contributed by atoms with van der Waals surface area (Å²) in [7, 11) is -3.29. The van der Waals surface area contributed by atoms with Gasteiger partial charge in [0.15, 0.2) is 0 Å². The molecule has 0 aromatic heterocycles. The zero-order chi connectivity index (χ0) is 12.9. The maximum atomic E-state index is 11.7. The lowest BCUT2D eigenvalue weighted by Crippen LogP contribution is -2.31. The van der Waals surface area contributed by atoms with E-state index in [0.717, 1.165) is 5.56 Å². The summed E-state index contributed by atoms with van der Waals surface area (Å²) >= 11 is 2.97. The SMILES string of the molecule is CCN(Cc1ccccc1C#N)S(=O)(=O)CBr. The normalized spacial score (nSPS) is 11.4. The van der Waals surface area contributed by atoms with Crippen LogP contribution in [0, 0.1) is 11.3 Å². The highest BCUT2D eigenvalue weighted by atomic mass is 79.9. The van der Waals surface area contributed by atoms with Crippen molar-refractivity contribution in [2.24, 2.45) is 0 Å². The molecule has 6 heteroatoms. The van der Waals surface area contributed by atoms with E-state index in [1.54, 1.807) is 31.2 Å². The van der Waals surface area contributed by atoms with E-state index in [1.807, 2.05) is 0 Å². The first-order valence-corrected chi connectivity index (χ1v) is 7.80. The van der Waals surface area contributed by atoms with Crippen molar-refractivity contribution in [1.82, 2.24) is 4.31 Å². The Morgan fingerprint density at radius 2 is 2.06 bits per heavy atom. The minimum atomic E-state index is -3.29. The third-order valence-corrected chi connectivity index (χ3v) is 5.55. The van der Waals surface area contributed by atoms with Crippen LogP contribution in [0.25, 0.3) is 0 Å². The molecule has 1 aromatic rings. The number of hydrogen-bond donors (Lipinski definition) is 0. The maximum Gasteiger partial charge on any atom is 0.224 e. The van der Waals surface area contributed by atoms with Crippen LogP contribution in [-0.2, 0) is 16.6 Å². The summed E-state index contributed by atoms with van der Waals surface area (Å²) in [6, 6.07) is 9.07. The molecule has 0 unspecified atom stereocenters. The van der Waals surface area contributed by atoms with Crippen molar-refractivity contribution in [3.8, 4) is 6.07 Å². The minimum absolute atomic E-state index is 0.109. The van der Waals surface area contributed by atoms with Crippen LogP contribution in [0.1, 0.15) is 18.1 Å². The van der Waals surface area contributed by atoms with E-state index in [9.17, 15) is 8.42 Å². The van der Waals surface area contributed by atoms with E-state index in [-0.39, 0.29) is 11.2 Å². The number of nitrogens with zero attached hydrogens (tertiary/aromatic N) is 2. The Hall–Kier alpha value is -0.900. The molecule has 17 heavy (non-hydrogen) atoms. The highest BCUT2D eigenvalue weighted by Crippen LogP contribution is 2.14. The highest BCUT2D eigenvalue weighted by molar-refractivity contribution is 9.10. The average Bonchev–Trinajstić information content (AvgIpc) is 2.36. The van der Waals surface area contributed by atoms with Gasteiger partial charge in [-0.15, -0.1) is 0 Å². The second-order valence-electron chi connectivity index (χ2n) is 3.42. The molecule has 0 spiro atoms. The summed E-state index contributed by atoms with van der Waals surface area (Å²) in [5, 5.41) is 8.94. The molecule has 0 aliphatic carbocycles. The zero-order valence-electron chi connectivity index (χ0n) is 9.43. The Balaban J connectivity index is 3.01. The maximum absolute atomic E-state index is 11.7. The number of rotatable bonds is 5. The average molecular weight is 317 g/mol. The Kier molecular flexibility index (Phi) is 5.12. The van der Waals surface area contributed by atoms with Crippen molar-refractivity contribution < 1.29 is 8.42 Å². The molecular formula is C11H13BrN2O2S. The third-order valence-electron chi connectivity index (χ3n) is 2.37. The van der Waals surface area contributed by atoms with Crippen molar-refractivity contribution in [1.29, 1.82) is 5.26 Å². The standard InChI is InChI=1S/C11H13BrN2O2S/c1-2-14(17(15,16)9-12)8-11-6-4-3-5-10(11)7-13/h3-6H,2,8-9H2,1H3. The molecule has 92 valence electrons. The van der Waals surface area contributed by atoms with Crippen LogP contribution in [0.3, 0.4) is 0 Å². The fraction of sp³-hybridized carbons (Fsp3) is 0.364. The van der Waals surface area contributed by atoms with Gasteiger partial charge in [-0.1, -0.05) is 41.1 Å². The van der Waals surface area contributed by atoms with Gasteiger partial charge in [0.1, 0.15) is 4.66 Å². The van der Waals surface area contributed by atoms with Crippen molar-refractivity contribution in [2.45, 2.75) is 13.5 Å². The van der Waals surface area contributed by atoms with Crippen LogP contribution >= 0.6 is 15.9 Å². The molecule has 0 aliphatic rings. The first-order valence-electron chi connectivity index (χ1n) is 5.07.